The molecule has 0 radical (unpaired) electrons. The Morgan fingerprint density at radius 3 is 2.29 bits per heavy atom. The second-order valence-electron chi connectivity index (χ2n) is 7.73. The van der Waals surface area contributed by atoms with Crippen LogP contribution in [-0.2, 0) is 0 Å². The third-order valence-corrected chi connectivity index (χ3v) is 5.91. The van der Waals surface area contributed by atoms with Crippen molar-refractivity contribution >= 4 is 0 Å². The van der Waals surface area contributed by atoms with Crippen LogP contribution in [0.4, 0.5) is 0 Å². The lowest BCUT2D eigenvalue weighted by Gasteiger charge is -2.43. The Morgan fingerprint density at radius 2 is 1.71 bits per heavy atom. The number of rotatable bonds is 3. The first-order valence-corrected chi connectivity index (χ1v) is 10.2. The second-order valence-corrected chi connectivity index (χ2v) is 7.73. The Balaban J connectivity index is 0.00000123. The van der Waals surface area contributed by atoms with E-state index >= 15 is 0 Å². The van der Waals surface area contributed by atoms with E-state index in [1.807, 2.05) is 27.7 Å². The minimum atomic E-state index is -0.0686. The number of aliphatic hydroxyl groups excluding tert-OH is 2. The molecule has 0 bridgehead atoms. The van der Waals surface area contributed by atoms with Gasteiger partial charge in [-0.25, -0.2) is 0 Å². The topological polar surface area (TPSA) is 40.5 Å². The van der Waals surface area contributed by atoms with Gasteiger partial charge in [0.05, 0.1) is 6.10 Å². The fraction of sp³-hybridized carbons (Fsp3) is 0.909. The van der Waals surface area contributed by atoms with Crippen molar-refractivity contribution in [3.63, 3.8) is 0 Å². The van der Waals surface area contributed by atoms with Gasteiger partial charge >= 0.3 is 0 Å². The van der Waals surface area contributed by atoms with E-state index in [9.17, 15) is 5.11 Å². The Kier molecular flexibility index (Phi) is 10.9. The smallest absolute Gasteiger partial charge is 0.104 e. The van der Waals surface area contributed by atoms with Crippen molar-refractivity contribution in [3.8, 4) is 11.8 Å². The minimum Gasteiger partial charge on any atom is -0.393 e. The van der Waals surface area contributed by atoms with E-state index in [4.69, 9.17) is 5.11 Å². The van der Waals surface area contributed by atoms with E-state index in [0.717, 1.165) is 18.8 Å². The summed E-state index contributed by atoms with van der Waals surface area (Å²) in [6.45, 7) is 14.7. The van der Waals surface area contributed by atoms with Gasteiger partial charge in [0.15, 0.2) is 0 Å². The van der Waals surface area contributed by atoms with Gasteiger partial charge in [-0.05, 0) is 69.6 Å². The van der Waals surface area contributed by atoms with Crippen molar-refractivity contribution in [2.75, 3.05) is 6.61 Å². The summed E-state index contributed by atoms with van der Waals surface area (Å²) in [5.41, 5.74) is 0.336. The molecule has 2 rings (SSSR count). The zero-order valence-electron chi connectivity index (χ0n) is 17.3. The number of hydrogen-bond acceptors (Lipinski definition) is 2. The summed E-state index contributed by atoms with van der Waals surface area (Å²) in [5, 5.41) is 19.1. The lowest BCUT2D eigenvalue weighted by atomic mass is 9.63. The monoisotopic (exact) mass is 338 g/mol. The summed E-state index contributed by atoms with van der Waals surface area (Å²) in [5.74, 6) is 7.23. The summed E-state index contributed by atoms with van der Waals surface area (Å²) in [4.78, 5) is 0. The van der Waals surface area contributed by atoms with Crippen molar-refractivity contribution < 1.29 is 10.2 Å². The second kappa shape index (κ2) is 11.2. The van der Waals surface area contributed by atoms with Crippen molar-refractivity contribution in [1.82, 2.24) is 0 Å². The standard InChI is InChI=1S/C18H30O2.2C2H6/c1-17(2,10-5-13-19)12-9-14-7-8-15-16(20)6-4-11-18(14,15)3;2*1-2/h14-16,19-20H,4,6-9,11-13H2,1-3H3;2*1-2H3/t14?,15?,16-,18?;;/m0../s1. The van der Waals surface area contributed by atoms with Gasteiger partial charge in [0.25, 0.3) is 0 Å². The molecule has 2 N–H and O–H groups in total. The van der Waals surface area contributed by atoms with Crippen LogP contribution in [0.5, 0.6) is 0 Å². The van der Waals surface area contributed by atoms with Gasteiger partial charge in [-0.2, -0.15) is 0 Å². The largest absolute Gasteiger partial charge is 0.393 e. The molecule has 0 aromatic heterocycles. The molecular weight excluding hydrogens is 296 g/mol. The highest BCUT2D eigenvalue weighted by Crippen LogP contribution is 2.57. The van der Waals surface area contributed by atoms with Gasteiger partial charge in [0.1, 0.15) is 6.61 Å². The SMILES string of the molecule is CC.CC.CC(C)(C#CCO)CCC1CCC2[C@@H](O)CCCC12C. The van der Waals surface area contributed by atoms with E-state index in [1.165, 1.54) is 32.1 Å². The van der Waals surface area contributed by atoms with Crippen LogP contribution in [0, 0.1) is 34.5 Å². The molecule has 3 unspecified atom stereocenters. The molecule has 2 nitrogen and oxygen atoms in total. The van der Waals surface area contributed by atoms with Crippen LogP contribution < -0.4 is 0 Å². The van der Waals surface area contributed by atoms with Gasteiger partial charge in [-0.15, -0.1) is 0 Å². The Bertz CT molecular complexity index is 391. The summed E-state index contributed by atoms with van der Waals surface area (Å²) in [6.07, 6.45) is 8.14. The van der Waals surface area contributed by atoms with Crippen LogP contribution in [0.3, 0.4) is 0 Å². The van der Waals surface area contributed by atoms with Gasteiger partial charge in [-0.3, -0.25) is 0 Å². The summed E-state index contributed by atoms with van der Waals surface area (Å²) < 4.78 is 0. The zero-order chi connectivity index (χ0) is 18.8. The van der Waals surface area contributed by atoms with E-state index in [1.54, 1.807) is 0 Å². The summed E-state index contributed by atoms with van der Waals surface area (Å²) in [6, 6.07) is 0. The lowest BCUT2D eigenvalue weighted by Crippen LogP contribution is -2.40. The first-order valence-electron chi connectivity index (χ1n) is 10.2. The van der Waals surface area contributed by atoms with Gasteiger partial charge in [-0.1, -0.05) is 52.9 Å². The van der Waals surface area contributed by atoms with E-state index < -0.39 is 0 Å². The molecule has 0 aromatic rings. The predicted octanol–water partition coefficient (Wildman–Crippen LogP) is 5.42. The molecule has 0 aromatic carbocycles. The molecule has 0 amide bonds. The van der Waals surface area contributed by atoms with E-state index in [2.05, 4.69) is 32.6 Å². The third-order valence-electron chi connectivity index (χ3n) is 5.91. The van der Waals surface area contributed by atoms with Gasteiger partial charge in [0, 0.05) is 5.41 Å². The molecule has 4 atom stereocenters. The number of aliphatic hydroxyl groups is 2. The molecule has 2 heteroatoms. The molecule has 24 heavy (non-hydrogen) atoms. The first kappa shape index (κ1) is 23.5. The van der Waals surface area contributed by atoms with Gasteiger partial charge < -0.3 is 10.2 Å². The summed E-state index contributed by atoms with van der Waals surface area (Å²) in [7, 11) is 0. The minimum absolute atomic E-state index is 0.00946. The fourth-order valence-electron chi connectivity index (χ4n) is 4.61. The van der Waals surface area contributed by atoms with Crippen LogP contribution in [0.25, 0.3) is 0 Å². The first-order chi connectivity index (χ1) is 11.4. The third kappa shape index (κ3) is 6.08. The highest BCUT2D eigenvalue weighted by atomic mass is 16.3. The van der Waals surface area contributed by atoms with Crippen LogP contribution in [0.2, 0.25) is 0 Å². The molecular formula is C22H42O2. The average Bonchev–Trinajstić information content (AvgIpc) is 2.93. The predicted molar refractivity (Wildman–Crippen MR) is 105 cm³/mol. The zero-order valence-corrected chi connectivity index (χ0v) is 17.3. The maximum Gasteiger partial charge on any atom is 0.104 e. The number of fused-ring (bicyclic) bond motifs is 1. The maximum atomic E-state index is 10.3. The molecule has 2 saturated carbocycles. The highest BCUT2D eigenvalue weighted by Gasteiger charge is 2.50. The van der Waals surface area contributed by atoms with Crippen LogP contribution in [-0.4, -0.2) is 22.9 Å². The molecule has 0 aliphatic heterocycles. The van der Waals surface area contributed by atoms with Crippen LogP contribution in [0.1, 0.15) is 93.4 Å². The molecule has 0 heterocycles. The lowest BCUT2D eigenvalue weighted by molar-refractivity contribution is -0.0195. The Morgan fingerprint density at radius 1 is 1.08 bits per heavy atom. The highest BCUT2D eigenvalue weighted by molar-refractivity contribution is 5.09. The normalized spacial score (nSPS) is 31.5. The molecule has 142 valence electrons. The molecule has 0 saturated heterocycles. The van der Waals surface area contributed by atoms with Crippen LogP contribution in [0.15, 0.2) is 0 Å². The van der Waals surface area contributed by atoms with E-state index in [0.29, 0.717) is 11.3 Å². The van der Waals surface area contributed by atoms with Crippen molar-refractivity contribution in [2.45, 2.75) is 99.5 Å². The molecule has 0 spiro atoms. The molecule has 2 fully saturated rings. The van der Waals surface area contributed by atoms with Crippen molar-refractivity contribution in [1.29, 1.82) is 0 Å². The molecule has 2 aliphatic rings. The average molecular weight is 339 g/mol. The van der Waals surface area contributed by atoms with Crippen molar-refractivity contribution in [2.24, 2.45) is 22.7 Å². The van der Waals surface area contributed by atoms with Crippen LogP contribution >= 0.6 is 0 Å². The molecule has 2 aliphatic carbocycles. The van der Waals surface area contributed by atoms with Gasteiger partial charge in [0.2, 0.25) is 0 Å². The quantitative estimate of drug-likeness (QED) is 0.675. The maximum absolute atomic E-state index is 10.3. The number of hydrogen-bond donors (Lipinski definition) is 2. The Labute approximate surface area is 151 Å². The Hall–Kier alpha value is -0.520. The van der Waals surface area contributed by atoms with E-state index in [-0.39, 0.29) is 18.1 Å². The fourth-order valence-corrected chi connectivity index (χ4v) is 4.61. The summed E-state index contributed by atoms with van der Waals surface area (Å²) >= 11 is 0. The van der Waals surface area contributed by atoms with Crippen molar-refractivity contribution in [3.05, 3.63) is 0 Å².